The van der Waals surface area contributed by atoms with Crippen molar-refractivity contribution in [1.82, 2.24) is 9.47 Å². The highest BCUT2D eigenvalue weighted by Crippen LogP contribution is 2.35. The molecule has 2 heterocycles. The van der Waals surface area contributed by atoms with Gasteiger partial charge in [0.2, 0.25) is 0 Å². The Balaban J connectivity index is 1.65. The number of ether oxygens (including phenoxy) is 1. The lowest BCUT2D eigenvalue weighted by molar-refractivity contribution is -0.121. The van der Waals surface area contributed by atoms with Crippen LogP contribution in [0, 0.1) is 27.7 Å². The van der Waals surface area contributed by atoms with E-state index in [4.69, 9.17) is 4.74 Å². The van der Waals surface area contributed by atoms with Crippen LogP contribution in [0.1, 0.15) is 38.4 Å². The average Bonchev–Trinajstić information content (AvgIpc) is 3.25. The first kappa shape index (κ1) is 23.6. The smallest absolute Gasteiger partial charge is 0.337 e. The van der Waals surface area contributed by atoms with E-state index in [1.807, 2.05) is 6.08 Å². The number of amidine groups is 1. The van der Waals surface area contributed by atoms with Crippen LogP contribution >= 0.6 is 11.8 Å². The Kier molecular flexibility index (Phi) is 6.48. The quantitative estimate of drug-likeness (QED) is 0.359. The fourth-order valence-electron chi connectivity index (χ4n) is 3.98. The Bertz CT molecular complexity index is 1350. The summed E-state index contributed by atoms with van der Waals surface area (Å²) in [4.78, 5) is 31.4. The molecule has 2 aromatic carbocycles. The number of benzene rings is 2. The third kappa shape index (κ3) is 4.31. The van der Waals surface area contributed by atoms with Crippen molar-refractivity contribution >= 4 is 40.6 Å². The minimum atomic E-state index is -0.398. The zero-order valence-corrected chi connectivity index (χ0v) is 21.0. The highest BCUT2D eigenvalue weighted by molar-refractivity contribution is 8.18. The third-order valence-electron chi connectivity index (χ3n) is 6.09. The summed E-state index contributed by atoms with van der Waals surface area (Å²) in [6.07, 6.45) is 1.94. The van der Waals surface area contributed by atoms with Gasteiger partial charge in [0.05, 0.1) is 23.3 Å². The van der Waals surface area contributed by atoms with E-state index in [-0.39, 0.29) is 5.91 Å². The number of carbonyl (C=O) groups excluding carboxylic acids is 2. The molecule has 0 aliphatic carbocycles. The van der Waals surface area contributed by atoms with Gasteiger partial charge in [-0.1, -0.05) is 12.1 Å². The van der Waals surface area contributed by atoms with E-state index in [1.54, 1.807) is 36.2 Å². The molecule has 1 aromatic heterocycles. The predicted octanol–water partition coefficient (Wildman–Crippen LogP) is 5.73. The maximum absolute atomic E-state index is 13.0. The molecule has 0 spiro atoms. The molecule has 1 aliphatic heterocycles. The second-order valence-electron chi connectivity index (χ2n) is 8.29. The van der Waals surface area contributed by atoms with Gasteiger partial charge >= 0.3 is 5.97 Å². The van der Waals surface area contributed by atoms with Gasteiger partial charge in [0.15, 0.2) is 5.17 Å². The molecule has 7 heteroatoms. The molecule has 6 nitrogen and oxygen atoms in total. The molecule has 1 saturated heterocycles. The molecule has 174 valence electrons. The third-order valence-corrected chi connectivity index (χ3v) is 7.15. The van der Waals surface area contributed by atoms with E-state index in [2.05, 4.69) is 61.5 Å². The Hall–Kier alpha value is -3.58. The van der Waals surface area contributed by atoms with Crippen LogP contribution < -0.4 is 0 Å². The maximum Gasteiger partial charge on any atom is 0.337 e. The van der Waals surface area contributed by atoms with E-state index < -0.39 is 5.97 Å². The van der Waals surface area contributed by atoms with Crippen molar-refractivity contribution in [3.63, 3.8) is 0 Å². The van der Waals surface area contributed by atoms with Crippen LogP contribution in [0.15, 0.2) is 58.4 Å². The summed E-state index contributed by atoms with van der Waals surface area (Å²) in [6.45, 7) is 8.40. The van der Waals surface area contributed by atoms with E-state index in [9.17, 15) is 9.59 Å². The largest absolute Gasteiger partial charge is 0.465 e. The van der Waals surface area contributed by atoms with Gasteiger partial charge in [-0.25, -0.2) is 9.79 Å². The minimum Gasteiger partial charge on any atom is -0.465 e. The van der Waals surface area contributed by atoms with Crippen molar-refractivity contribution < 1.29 is 14.3 Å². The summed E-state index contributed by atoms with van der Waals surface area (Å²) < 4.78 is 6.97. The zero-order valence-electron chi connectivity index (χ0n) is 20.2. The zero-order chi connectivity index (χ0) is 24.6. The van der Waals surface area contributed by atoms with Gasteiger partial charge in [-0.3, -0.25) is 9.69 Å². The van der Waals surface area contributed by atoms with E-state index in [0.29, 0.717) is 21.3 Å². The summed E-state index contributed by atoms with van der Waals surface area (Å²) in [6, 6.07) is 15.2. The molecule has 0 saturated carbocycles. The van der Waals surface area contributed by atoms with E-state index >= 15 is 0 Å². The highest BCUT2D eigenvalue weighted by atomic mass is 32.2. The van der Waals surface area contributed by atoms with Gasteiger partial charge in [-0.2, -0.15) is 0 Å². The number of nitrogens with zero attached hydrogens (tertiary/aromatic N) is 3. The fraction of sp³-hybridized carbons (Fsp3) is 0.222. The highest BCUT2D eigenvalue weighted by Gasteiger charge is 2.31. The van der Waals surface area contributed by atoms with Crippen molar-refractivity contribution in [1.29, 1.82) is 0 Å². The number of aryl methyl sites for hydroxylation is 2. The lowest BCUT2D eigenvalue weighted by Gasteiger charge is -2.14. The van der Waals surface area contributed by atoms with Gasteiger partial charge in [-0.05, 0) is 98.6 Å². The van der Waals surface area contributed by atoms with Crippen molar-refractivity contribution in [2.45, 2.75) is 27.7 Å². The SMILES string of the molecule is COC(=O)c1ccc(N=C2S/C(=C\c3cc(C)n(-c4cccc(C)c4C)c3C)C(=O)N2C)cc1. The number of methoxy groups -OCH3 is 1. The summed E-state index contributed by atoms with van der Waals surface area (Å²) in [7, 11) is 3.07. The molecule has 34 heavy (non-hydrogen) atoms. The summed E-state index contributed by atoms with van der Waals surface area (Å²) in [5, 5.41) is 0.588. The number of carbonyl (C=O) groups is 2. The number of aliphatic imine (C=N–C) groups is 1. The van der Waals surface area contributed by atoms with Crippen LogP contribution in [-0.2, 0) is 9.53 Å². The minimum absolute atomic E-state index is 0.0912. The first-order valence-electron chi connectivity index (χ1n) is 10.9. The Morgan fingerprint density at radius 2 is 1.76 bits per heavy atom. The monoisotopic (exact) mass is 473 g/mol. The van der Waals surface area contributed by atoms with Crippen LogP contribution in [0.25, 0.3) is 11.8 Å². The second-order valence-corrected chi connectivity index (χ2v) is 9.30. The molecule has 0 N–H and O–H groups in total. The average molecular weight is 474 g/mol. The number of likely N-dealkylation sites (N-methyl/N-ethyl adjacent to an activating group) is 1. The summed E-state index contributed by atoms with van der Waals surface area (Å²) in [5.41, 5.74) is 7.95. The number of hydrogen-bond donors (Lipinski definition) is 0. The molecule has 1 aliphatic rings. The van der Waals surface area contributed by atoms with Crippen molar-refractivity contribution in [2.24, 2.45) is 4.99 Å². The molecule has 4 rings (SSSR count). The Labute approximate surface area is 203 Å². The van der Waals surface area contributed by atoms with Gasteiger partial charge in [0, 0.05) is 24.1 Å². The Morgan fingerprint density at radius 3 is 2.44 bits per heavy atom. The van der Waals surface area contributed by atoms with E-state index in [0.717, 1.165) is 22.6 Å². The topological polar surface area (TPSA) is 63.9 Å². The fourth-order valence-corrected chi connectivity index (χ4v) is 4.95. The lowest BCUT2D eigenvalue weighted by Crippen LogP contribution is -2.23. The van der Waals surface area contributed by atoms with Crippen molar-refractivity contribution in [3.8, 4) is 5.69 Å². The maximum atomic E-state index is 13.0. The first-order valence-corrected chi connectivity index (χ1v) is 11.7. The number of esters is 1. The van der Waals surface area contributed by atoms with Crippen LogP contribution in [-0.4, -0.2) is 40.7 Å². The summed E-state index contributed by atoms with van der Waals surface area (Å²) >= 11 is 1.34. The molecular weight excluding hydrogens is 446 g/mol. The van der Waals surface area contributed by atoms with Gasteiger partial charge in [0.1, 0.15) is 0 Å². The lowest BCUT2D eigenvalue weighted by atomic mass is 10.1. The second kappa shape index (κ2) is 9.35. The molecule has 1 amide bonds. The van der Waals surface area contributed by atoms with Crippen LogP contribution in [0.3, 0.4) is 0 Å². The number of thioether (sulfide) groups is 1. The molecule has 0 atom stereocenters. The molecule has 3 aromatic rings. The van der Waals surface area contributed by atoms with Crippen molar-refractivity contribution in [2.75, 3.05) is 14.2 Å². The van der Waals surface area contributed by atoms with E-state index in [1.165, 1.54) is 30.0 Å². The number of rotatable bonds is 4. The number of aromatic nitrogens is 1. The van der Waals surface area contributed by atoms with Gasteiger partial charge < -0.3 is 9.30 Å². The van der Waals surface area contributed by atoms with Crippen LogP contribution in [0.2, 0.25) is 0 Å². The molecule has 0 bridgehead atoms. The standard InChI is InChI=1S/C27H27N3O3S/c1-16-8-7-9-23(18(16)3)30-17(2)14-21(19(30)4)15-24-25(31)29(5)27(34-24)28-22-12-10-20(11-13-22)26(32)33-6/h7-15H,1-6H3/b24-15-,28-27?. The molecule has 0 radical (unpaired) electrons. The predicted molar refractivity (Wildman–Crippen MR) is 138 cm³/mol. The van der Waals surface area contributed by atoms with Gasteiger partial charge in [-0.15, -0.1) is 0 Å². The van der Waals surface area contributed by atoms with Crippen LogP contribution in [0.5, 0.6) is 0 Å². The first-order chi connectivity index (χ1) is 16.2. The molecular formula is C27H27N3O3S. The van der Waals surface area contributed by atoms with Gasteiger partial charge in [0.25, 0.3) is 5.91 Å². The number of amides is 1. The normalized spacial score (nSPS) is 16.1. The molecule has 0 unspecified atom stereocenters. The van der Waals surface area contributed by atoms with Crippen LogP contribution in [0.4, 0.5) is 5.69 Å². The molecule has 1 fully saturated rings. The number of hydrogen-bond acceptors (Lipinski definition) is 5. The summed E-state index contributed by atoms with van der Waals surface area (Å²) in [5.74, 6) is -0.489. The Morgan fingerprint density at radius 1 is 1.06 bits per heavy atom. The van der Waals surface area contributed by atoms with Crippen molar-refractivity contribution in [3.05, 3.63) is 87.1 Å².